The molecule has 0 unspecified atom stereocenters. The van der Waals surface area contributed by atoms with Crippen LogP contribution in [0.5, 0.6) is 0 Å². The van der Waals surface area contributed by atoms with Gasteiger partial charge in [0.1, 0.15) is 5.76 Å². The summed E-state index contributed by atoms with van der Waals surface area (Å²) in [6.07, 6.45) is 5.27. The molecule has 0 spiro atoms. The zero-order valence-electron chi connectivity index (χ0n) is 13.5. The molecule has 3 rings (SSSR count). The highest BCUT2D eigenvalue weighted by atomic mass is 16.4. The molecule has 1 fully saturated rings. The Morgan fingerprint density at radius 3 is 2.83 bits per heavy atom. The fourth-order valence-electron chi connectivity index (χ4n) is 3.10. The minimum atomic E-state index is -0.734. The van der Waals surface area contributed by atoms with Gasteiger partial charge in [0.2, 0.25) is 5.91 Å². The number of aliphatic hydroxyl groups is 1. The Balaban J connectivity index is 1.65. The number of carbonyl (C=O) groups is 1. The van der Waals surface area contributed by atoms with Gasteiger partial charge in [-0.3, -0.25) is 4.79 Å². The second-order valence-corrected chi connectivity index (χ2v) is 6.36. The van der Waals surface area contributed by atoms with E-state index in [-0.39, 0.29) is 12.3 Å². The molecule has 2 heterocycles. The quantitative estimate of drug-likeness (QED) is 0.916. The molecule has 1 aliphatic carbocycles. The van der Waals surface area contributed by atoms with Crippen molar-refractivity contribution in [3.05, 3.63) is 29.9 Å². The molecule has 124 valence electrons. The maximum absolute atomic E-state index is 12.4. The van der Waals surface area contributed by atoms with Gasteiger partial charge < -0.3 is 18.8 Å². The van der Waals surface area contributed by atoms with Crippen molar-refractivity contribution in [3.8, 4) is 11.7 Å². The van der Waals surface area contributed by atoms with Crippen LogP contribution in [0.3, 0.4) is 0 Å². The third-order valence-corrected chi connectivity index (χ3v) is 4.43. The Hall–Kier alpha value is -2.08. The van der Waals surface area contributed by atoms with E-state index in [1.807, 2.05) is 0 Å². The van der Waals surface area contributed by atoms with Crippen molar-refractivity contribution in [2.24, 2.45) is 0 Å². The Labute approximate surface area is 135 Å². The third kappa shape index (κ3) is 3.47. The zero-order valence-corrected chi connectivity index (χ0v) is 13.5. The number of hydrogen-bond acceptors (Lipinski definition) is 5. The first-order chi connectivity index (χ1) is 11.0. The first kappa shape index (κ1) is 15.8. The monoisotopic (exact) mass is 318 g/mol. The molecule has 1 N–H and O–H groups in total. The lowest BCUT2D eigenvalue weighted by Gasteiger charge is -2.28. The van der Waals surface area contributed by atoms with Crippen LogP contribution >= 0.6 is 0 Å². The first-order valence-corrected chi connectivity index (χ1v) is 7.93. The fourth-order valence-corrected chi connectivity index (χ4v) is 3.10. The van der Waals surface area contributed by atoms with E-state index in [1.165, 1.54) is 0 Å². The summed E-state index contributed by atoms with van der Waals surface area (Å²) in [4.78, 5) is 18.3. The maximum Gasteiger partial charge on any atom is 0.263 e. The third-order valence-electron chi connectivity index (χ3n) is 4.43. The van der Waals surface area contributed by atoms with Gasteiger partial charge >= 0.3 is 0 Å². The maximum atomic E-state index is 12.4. The summed E-state index contributed by atoms with van der Waals surface area (Å²) in [6, 6.07) is 3.52. The molecular formula is C17H22N2O4. The van der Waals surface area contributed by atoms with Crippen LogP contribution in [-0.4, -0.2) is 40.1 Å². The van der Waals surface area contributed by atoms with Gasteiger partial charge in [0.25, 0.3) is 5.89 Å². The average molecular weight is 318 g/mol. The number of nitrogens with zero attached hydrogens (tertiary/aromatic N) is 2. The number of rotatable bonds is 5. The standard InChI is InChI=1S/C17H22N2O4/c1-12-13(18-16(23-12)14-6-5-9-22-14)10-15(20)19(2)11-17(21)7-3-4-8-17/h5-6,9,21H,3-4,7-8,10-11H2,1-2H3. The second-order valence-electron chi connectivity index (χ2n) is 6.36. The molecule has 0 atom stereocenters. The van der Waals surface area contributed by atoms with Crippen LogP contribution in [0.15, 0.2) is 27.2 Å². The highest BCUT2D eigenvalue weighted by molar-refractivity contribution is 5.78. The molecule has 0 aromatic carbocycles. The van der Waals surface area contributed by atoms with Gasteiger partial charge in [-0.1, -0.05) is 12.8 Å². The molecule has 0 bridgehead atoms. The molecule has 6 heteroatoms. The minimum Gasteiger partial charge on any atom is -0.459 e. The summed E-state index contributed by atoms with van der Waals surface area (Å²) < 4.78 is 10.8. The SMILES string of the molecule is Cc1oc(-c2ccco2)nc1CC(=O)N(C)CC1(O)CCCC1. The van der Waals surface area contributed by atoms with Crippen molar-refractivity contribution in [2.45, 2.75) is 44.6 Å². The summed E-state index contributed by atoms with van der Waals surface area (Å²) in [5, 5.41) is 10.4. The molecule has 1 aliphatic rings. The van der Waals surface area contributed by atoms with Crippen LogP contribution in [0, 0.1) is 6.92 Å². The van der Waals surface area contributed by atoms with E-state index in [4.69, 9.17) is 8.83 Å². The lowest BCUT2D eigenvalue weighted by atomic mass is 10.0. The number of carbonyl (C=O) groups excluding carboxylic acids is 1. The Bertz CT molecular complexity index is 669. The van der Waals surface area contributed by atoms with Gasteiger partial charge in [-0.15, -0.1) is 0 Å². The van der Waals surface area contributed by atoms with Crippen molar-refractivity contribution in [2.75, 3.05) is 13.6 Å². The number of furan rings is 1. The van der Waals surface area contributed by atoms with Crippen molar-refractivity contribution < 1.29 is 18.7 Å². The molecule has 6 nitrogen and oxygen atoms in total. The van der Waals surface area contributed by atoms with E-state index >= 15 is 0 Å². The molecular weight excluding hydrogens is 296 g/mol. The van der Waals surface area contributed by atoms with Crippen LogP contribution in [0.1, 0.15) is 37.1 Å². The highest BCUT2D eigenvalue weighted by Gasteiger charge is 2.33. The van der Waals surface area contributed by atoms with Gasteiger partial charge in [-0.2, -0.15) is 0 Å². The van der Waals surface area contributed by atoms with Crippen LogP contribution in [0.4, 0.5) is 0 Å². The topological polar surface area (TPSA) is 79.7 Å². The number of aromatic nitrogens is 1. The predicted octanol–water partition coefficient (Wildman–Crippen LogP) is 2.55. The number of oxazole rings is 1. The van der Waals surface area contributed by atoms with Crippen LogP contribution in [0.2, 0.25) is 0 Å². The molecule has 0 radical (unpaired) electrons. The molecule has 2 aromatic heterocycles. The highest BCUT2D eigenvalue weighted by Crippen LogP contribution is 2.30. The Morgan fingerprint density at radius 1 is 1.43 bits per heavy atom. The zero-order chi connectivity index (χ0) is 16.4. The lowest BCUT2D eigenvalue weighted by molar-refractivity contribution is -0.132. The van der Waals surface area contributed by atoms with Gasteiger partial charge in [0.05, 0.1) is 24.0 Å². The van der Waals surface area contributed by atoms with Crippen LogP contribution in [-0.2, 0) is 11.2 Å². The van der Waals surface area contributed by atoms with Crippen molar-refractivity contribution in [1.29, 1.82) is 0 Å². The smallest absolute Gasteiger partial charge is 0.263 e. The molecule has 23 heavy (non-hydrogen) atoms. The first-order valence-electron chi connectivity index (χ1n) is 7.93. The summed E-state index contributed by atoms with van der Waals surface area (Å²) in [6.45, 7) is 2.15. The summed E-state index contributed by atoms with van der Waals surface area (Å²) in [7, 11) is 1.72. The van der Waals surface area contributed by atoms with Crippen molar-refractivity contribution in [3.63, 3.8) is 0 Å². The molecule has 2 aromatic rings. The predicted molar refractivity (Wildman–Crippen MR) is 83.7 cm³/mol. The normalized spacial score (nSPS) is 16.7. The Kier molecular flexibility index (Phi) is 4.26. The van der Waals surface area contributed by atoms with Crippen LogP contribution in [0.25, 0.3) is 11.7 Å². The number of amides is 1. The van der Waals surface area contributed by atoms with Crippen molar-refractivity contribution in [1.82, 2.24) is 9.88 Å². The largest absolute Gasteiger partial charge is 0.459 e. The van der Waals surface area contributed by atoms with E-state index in [0.29, 0.717) is 29.6 Å². The fraction of sp³-hybridized carbons (Fsp3) is 0.529. The van der Waals surface area contributed by atoms with E-state index < -0.39 is 5.60 Å². The van der Waals surface area contributed by atoms with Gasteiger partial charge in [-0.05, 0) is 31.9 Å². The second kappa shape index (κ2) is 6.20. The minimum absolute atomic E-state index is 0.0762. The van der Waals surface area contributed by atoms with Crippen molar-refractivity contribution >= 4 is 5.91 Å². The number of hydrogen-bond donors (Lipinski definition) is 1. The van der Waals surface area contributed by atoms with E-state index in [9.17, 15) is 9.90 Å². The summed E-state index contributed by atoms with van der Waals surface area (Å²) in [5.41, 5.74) is -0.130. The molecule has 1 amide bonds. The lowest BCUT2D eigenvalue weighted by Crippen LogP contribution is -2.42. The molecule has 1 saturated carbocycles. The molecule has 0 aliphatic heterocycles. The van der Waals surface area contributed by atoms with Gasteiger partial charge in [0, 0.05) is 13.6 Å². The van der Waals surface area contributed by atoms with Gasteiger partial charge in [0.15, 0.2) is 5.76 Å². The number of aryl methyl sites for hydroxylation is 1. The Morgan fingerprint density at radius 2 is 2.17 bits per heavy atom. The average Bonchev–Trinajstić information content (AvgIpc) is 3.21. The van der Waals surface area contributed by atoms with E-state index in [1.54, 1.807) is 37.3 Å². The van der Waals surface area contributed by atoms with Crippen LogP contribution < -0.4 is 0 Å². The van der Waals surface area contributed by atoms with E-state index in [0.717, 1.165) is 25.7 Å². The molecule has 0 saturated heterocycles. The summed E-state index contributed by atoms with van der Waals surface area (Å²) in [5.74, 6) is 1.46. The van der Waals surface area contributed by atoms with Gasteiger partial charge in [-0.25, -0.2) is 4.98 Å². The number of likely N-dealkylation sites (N-methyl/N-ethyl adjacent to an activating group) is 1. The van der Waals surface area contributed by atoms with E-state index in [2.05, 4.69) is 4.98 Å². The summed E-state index contributed by atoms with van der Waals surface area (Å²) >= 11 is 0.